The summed E-state index contributed by atoms with van der Waals surface area (Å²) >= 11 is 0. The minimum Gasteiger partial charge on any atom is -0.468 e. The van der Waals surface area contributed by atoms with Crippen LogP contribution in [0.3, 0.4) is 0 Å². The topological polar surface area (TPSA) is 73.2 Å². The number of methoxy groups -OCH3 is 1. The second-order valence-electron chi connectivity index (χ2n) is 4.08. The lowest BCUT2D eigenvalue weighted by atomic mass is 10.2. The zero-order valence-corrected chi connectivity index (χ0v) is 11.0. The summed E-state index contributed by atoms with van der Waals surface area (Å²) in [7, 11) is 1.24. The van der Waals surface area contributed by atoms with E-state index in [0.717, 1.165) is 12.1 Å². The average molecular weight is 295 g/mol. The first-order valence-corrected chi connectivity index (χ1v) is 5.85. The number of halogens is 2. The Morgan fingerprint density at radius 1 is 1.38 bits per heavy atom. The molecule has 0 aliphatic rings. The van der Waals surface area contributed by atoms with Crippen LogP contribution in [0.1, 0.15) is 10.4 Å². The summed E-state index contributed by atoms with van der Waals surface area (Å²) in [5.41, 5.74) is -0.0234. The van der Waals surface area contributed by atoms with Crippen LogP contribution in [-0.4, -0.2) is 28.8 Å². The Labute approximate surface area is 118 Å². The summed E-state index contributed by atoms with van der Waals surface area (Å²) in [6.07, 6.45) is 2.68. The maximum atomic E-state index is 13.4. The van der Waals surface area contributed by atoms with Gasteiger partial charge in [-0.1, -0.05) is 0 Å². The fraction of sp³-hybridized carbons (Fsp3) is 0.154. The third-order valence-corrected chi connectivity index (χ3v) is 2.59. The lowest BCUT2D eigenvalue weighted by Gasteiger charge is -2.03. The minimum absolute atomic E-state index is 0.114. The second-order valence-corrected chi connectivity index (χ2v) is 4.08. The normalized spacial score (nSPS) is 10.2. The van der Waals surface area contributed by atoms with Crippen LogP contribution in [-0.2, 0) is 16.1 Å². The van der Waals surface area contributed by atoms with E-state index in [-0.39, 0.29) is 17.8 Å². The molecule has 21 heavy (non-hydrogen) atoms. The van der Waals surface area contributed by atoms with Crippen LogP contribution >= 0.6 is 0 Å². The smallest absolute Gasteiger partial charge is 0.327 e. The molecule has 6 nitrogen and oxygen atoms in total. The van der Waals surface area contributed by atoms with E-state index in [9.17, 15) is 18.4 Å². The number of ether oxygens (including phenoxy) is 1. The van der Waals surface area contributed by atoms with Gasteiger partial charge in [0.15, 0.2) is 0 Å². The number of carbonyl (C=O) groups excluding carboxylic acids is 2. The SMILES string of the molecule is COC(=O)Cn1cc(NC(=O)c2ccc(F)cc2F)cn1. The molecular weight excluding hydrogens is 284 g/mol. The molecule has 0 spiro atoms. The summed E-state index contributed by atoms with van der Waals surface area (Å²) in [4.78, 5) is 22.9. The van der Waals surface area contributed by atoms with Crippen LogP contribution in [0.2, 0.25) is 0 Å². The number of aromatic nitrogens is 2. The van der Waals surface area contributed by atoms with E-state index in [1.54, 1.807) is 0 Å². The number of anilines is 1. The number of amides is 1. The van der Waals surface area contributed by atoms with Crippen LogP contribution in [0.25, 0.3) is 0 Å². The molecule has 0 aliphatic heterocycles. The standard InChI is InChI=1S/C13H11F2N3O3/c1-21-12(19)7-18-6-9(5-16-18)17-13(20)10-3-2-8(14)4-11(10)15/h2-6H,7H2,1H3,(H,17,20). The highest BCUT2D eigenvalue weighted by Crippen LogP contribution is 2.13. The third kappa shape index (κ3) is 3.62. The molecule has 2 rings (SSSR count). The van der Waals surface area contributed by atoms with Crippen LogP contribution in [0.5, 0.6) is 0 Å². The molecule has 0 atom stereocenters. The maximum absolute atomic E-state index is 13.4. The van der Waals surface area contributed by atoms with Crippen molar-refractivity contribution >= 4 is 17.6 Å². The van der Waals surface area contributed by atoms with Gasteiger partial charge in [-0.05, 0) is 12.1 Å². The molecule has 0 radical (unpaired) electrons. The van der Waals surface area contributed by atoms with E-state index < -0.39 is 23.5 Å². The Kier molecular flexibility index (Phi) is 4.27. The van der Waals surface area contributed by atoms with Crippen molar-refractivity contribution in [3.8, 4) is 0 Å². The van der Waals surface area contributed by atoms with Crippen LogP contribution < -0.4 is 5.32 Å². The van der Waals surface area contributed by atoms with Gasteiger partial charge in [-0.2, -0.15) is 5.10 Å². The Morgan fingerprint density at radius 2 is 2.14 bits per heavy atom. The van der Waals surface area contributed by atoms with E-state index >= 15 is 0 Å². The third-order valence-electron chi connectivity index (χ3n) is 2.59. The van der Waals surface area contributed by atoms with Gasteiger partial charge < -0.3 is 10.1 Å². The van der Waals surface area contributed by atoms with E-state index in [1.807, 2.05) is 0 Å². The van der Waals surface area contributed by atoms with Crippen LogP contribution in [0, 0.1) is 11.6 Å². The Hall–Kier alpha value is -2.77. The summed E-state index contributed by atoms with van der Waals surface area (Å²) in [5, 5.41) is 6.23. The van der Waals surface area contributed by atoms with Gasteiger partial charge in [-0.15, -0.1) is 0 Å². The highest BCUT2D eigenvalue weighted by molar-refractivity contribution is 6.04. The Bertz CT molecular complexity index is 685. The van der Waals surface area contributed by atoms with Gasteiger partial charge >= 0.3 is 5.97 Å². The number of hydrogen-bond donors (Lipinski definition) is 1. The number of nitrogens with one attached hydrogen (secondary N) is 1. The first-order valence-electron chi connectivity index (χ1n) is 5.85. The van der Waals surface area contributed by atoms with Gasteiger partial charge in [-0.3, -0.25) is 14.3 Å². The van der Waals surface area contributed by atoms with Crippen molar-refractivity contribution in [2.45, 2.75) is 6.54 Å². The van der Waals surface area contributed by atoms with Crippen molar-refractivity contribution in [1.29, 1.82) is 0 Å². The number of hydrogen-bond acceptors (Lipinski definition) is 4. The number of nitrogens with zero attached hydrogens (tertiary/aromatic N) is 2. The zero-order valence-electron chi connectivity index (χ0n) is 11.0. The molecule has 0 unspecified atom stereocenters. The fourth-order valence-corrected chi connectivity index (χ4v) is 1.58. The zero-order chi connectivity index (χ0) is 15.4. The fourth-order valence-electron chi connectivity index (χ4n) is 1.58. The number of benzene rings is 1. The highest BCUT2D eigenvalue weighted by atomic mass is 19.1. The predicted octanol–water partition coefficient (Wildman–Crippen LogP) is 1.59. The van der Waals surface area contributed by atoms with Gasteiger partial charge in [0.2, 0.25) is 0 Å². The molecule has 2 aromatic rings. The minimum atomic E-state index is -0.963. The van der Waals surface area contributed by atoms with Gasteiger partial charge in [0.25, 0.3) is 5.91 Å². The molecule has 1 aromatic heterocycles. The molecule has 0 bridgehead atoms. The van der Waals surface area contributed by atoms with Gasteiger partial charge in [0, 0.05) is 12.3 Å². The van der Waals surface area contributed by atoms with Gasteiger partial charge in [0.05, 0.1) is 24.6 Å². The molecule has 1 N–H and O–H groups in total. The van der Waals surface area contributed by atoms with Crippen molar-refractivity contribution in [1.82, 2.24) is 9.78 Å². The largest absolute Gasteiger partial charge is 0.468 e. The quantitative estimate of drug-likeness (QED) is 0.869. The average Bonchev–Trinajstić information content (AvgIpc) is 2.85. The highest BCUT2D eigenvalue weighted by Gasteiger charge is 2.13. The van der Waals surface area contributed by atoms with E-state index in [0.29, 0.717) is 6.07 Å². The number of carbonyl (C=O) groups is 2. The molecule has 0 fully saturated rings. The summed E-state index contributed by atoms with van der Waals surface area (Å²) < 4.78 is 31.9. The van der Waals surface area contributed by atoms with Gasteiger partial charge in [0.1, 0.15) is 18.2 Å². The van der Waals surface area contributed by atoms with Crippen molar-refractivity contribution in [2.75, 3.05) is 12.4 Å². The van der Waals surface area contributed by atoms with Gasteiger partial charge in [-0.25, -0.2) is 8.78 Å². The Morgan fingerprint density at radius 3 is 2.81 bits per heavy atom. The summed E-state index contributed by atoms with van der Waals surface area (Å²) in [5.74, 6) is -2.98. The number of rotatable bonds is 4. The van der Waals surface area contributed by atoms with Crippen LogP contribution in [0.4, 0.5) is 14.5 Å². The lowest BCUT2D eigenvalue weighted by molar-refractivity contribution is -0.141. The number of esters is 1. The van der Waals surface area contributed by atoms with E-state index in [4.69, 9.17) is 0 Å². The van der Waals surface area contributed by atoms with E-state index in [1.165, 1.54) is 24.2 Å². The second kappa shape index (κ2) is 6.12. The molecule has 1 aromatic carbocycles. The van der Waals surface area contributed by atoms with Crippen molar-refractivity contribution in [3.05, 3.63) is 47.8 Å². The molecule has 110 valence electrons. The van der Waals surface area contributed by atoms with Crippen molar-refractivity contribution in [2.24, 2.45) is 0 Å². The summed E-state index contributed by atoms with van der Waals surface area (Å²) in [6.45, 7) is -0.114. The Balaban J connectivity index is 2.07. The van der Waals surface area contributed by atoms with E-state index in [2.05, 4.69) is 15.2 Å². The molecule has 0 saturated carbocycles. The monoisotopic (exact) mass is 295 g/mol. The molecule has 1 heterocycles. The molecule has 1 amide bonds. The van der Waals surface area contributed by atoms with Crippen molar-refractivity contribution in [3.63, 3.8) is 0 Å². The molecule has 0 saturated heterocycles. The first kappa shape index (κ1) is 14.6. The molecule has 8 heteroatoms. The summed E-state index contributed by atoms with van der Waals surface area (Å²) in [6, 6.07) is 2.65. The van der Waals surface area contributed by atoms with Crippen LogP contribution in [0.15, 0.2) is 30.6 Å². The molecule has 0 aliphatic carbocycles. The maximum Gasteiger partial charge on any atom is 0.327 e. The lowest BCUT2D eigenvalue weighted by Crippen LogP contribution is -2.14. The predicted molar refractivity (Wildman–Crippen MR) is 68.6 cm³/mol. The molecular formula is C13H11F2N3O3. The first-order chi connectivity index (χ1) is 9.99. The van der Waals surface area contributed by atoms with Crippen molar-refractivity contribution < 1.29 is 23.1 Å².